The minimum absolute atomic E-state index is 0.00754. The molecule has 228 valence electrons. The number of nitrogens with one attached hydrogen (secondary N) is 3. The lowest BCUT2D eigenvalue weighted by atomic mass is 10.0. The third-order valence-corrected chi connectivity index (χ3v) is 8.52. The number of rotatable bonds is 7. The maximum Gasteiger partial charge on any atom is 0.266 e. The zero-order valence-electron chi connectivity index (χ0n) is 23.7. The van der Waals surface area contributed by atoms with E-state index in [9.17, 15) is 24.0 Å². The molecule has 0 saturated carbocycles. The number of H-pyrrole nitrogens is 1. The largest absolute Gasteiger partial charge is 0.483 e. The number of carbonyl (C=O) groups excluding carboxylic acids is 5. The quantitative estimate of drug-likeness (QED) is 0.261. The molecular weight excluding hydrogens is 602 g/mol. The van der Waals surface area contributed by atoms with Crippen LogP contribution in [0.1, 0.15) is 40.0 Å². The predicted octanol–water partition coefficient (Wildman–Crippen LogP) is 2.77. The number of halogens is 1. The number of hydrogen-bond donors (Lipinski definition) is 3. The van der Waals surface area contributed by atoms with E-state index in [0.717, 1.165) is 21.4 Å². The minimum Gasteiger partial charge on any atom is -0.483 e. The van der Waals surface area contributed by atoms with Crippen LogP contribution in [0.4, 0.5) is 5.95 Å². The van der Waals surface area contributed by atoms with Crippen LogP contribution >= 0.6 is 11.6 Å². The molecule has 5 amide bonds. The summed E-state index contributed by atoms with van der Waals surface area (Å²) in [5.41, 5.74) is 2.48. The molecule has 4 aromatic rings. The summed E-state index contributed by atoms with van der Waals surface area (Å²) >= 11 is 6.46. The molecule has 3 aliphatic rings. The molecular formula is C31H26ClN7O6. The Morgan fingerprint density at radius 2 is 1.89 bits per heavy atom. The van der Waals surface area contributed by atoms with Gasteiger partial charge in [0, 0.05) is 48.2 Å². The van der Waals surface area contributed by atoms with Gasteiger partial charge in [0.25, 0.3) is 17.7 Å². The molecule has 2 saturated heterocycles. The third-order valence-electron chi connectivity index (χ3n) is 8.24. The lowest BCUT2D eigenvalue weighted by molar-refractivity contribution is -0.136. The van der Waals surface area contributed by atoms with Crippen LogP contribution in [0, 0.1) is 0 Å². The summed E-state index contributed by atoms with van der Waals surface area (Å²) < 4.78 is 5.77. The highest BCUT2D eigenvalue weighted by atomic mass is 35.5. The SMILES string of the molecule is O=C1CCC(N2C(=O)c3cccc(OCC(=O)N4CCC(Nc5ncc(Cl)c(-c6c[nH]c7ccccc67)n5)C4)c3C2=O)C(=O)N1. The Morgan fingerprint density at radius 3 is 2.73 bits per heavy atom. The Labute approximate surface area is 260 Å². The number of fused-ring (bicyclic) bond motifs is 2. The molecule has 2 fully saturated rings. The van der Waals surface area contributed by atoms with Crippen molar-refractivity contribution in [2.45, 2.75) is 31.3 Å². The average Bonchev–Trinajstić information content (AvgIpc) is 3.74. The van der Waals surface area contributed by atoms with E-state index >= 15 is 0 Å². The number of aromatic nitrogens is 3. The normalized spacial score (nSPS) is 19.7. The number of likely N-dealkylation sites (tertiary alicyclic amines) is 1. The van der Waals surface area contributed by atoms with Crippen molar-refractivity contribution < 1.29 is 28.7 Å². The number of piperidine rings is 1. The zero-order chi connectivity index (χ0) is 31.2. The molecule has 0 spiro atoms. The summed E-state index contributed by atoms with van der Waals surface area (Å²) in [5, 5.41) is 6.87. The van der Waals surface area contributed by atoms with Gasteiger partial charge in [0.1, 0.15) is 11.8 Å². The van der Waals surface area contributed by atoms with Gasteiger partial charge in [0.05, 0.1) is 28.0 Å². The molecule has 2 aromatic heterocycles. The Hall–Kier alpha value is -5.30. The summed E-state index contributed by atoms with van der Waals surface area (Å²) in [6, 6.07) is 11.2. The van der Waals surface area contributed by atoms with Gasteiger partial charge >= 0.3 is 0 Å². The molecule has 14 heteroatoms. The second-order valence-corrected chi connectivity index (χ2v) is 11.4. The first-order valence-corrected chi connectivity index (χ1v) is 14.8. The van der Waals surface area contributed by atoms with Crippen molar-refractivity contribution in [1.82, 2.24) is 30.1 Å². The van der Waals surface area contributed by atoms with E-state index in [1.54, 1.807) is 17.2 Å². The lowest BCUT2D eigenvalue weighted by Gasteiger charge is -2.27. The van der Waals surface area contributed by atoms with Crippen LogP contribution in [-0.2, 0) is 14.4 Å². The first-order valence-electron chi connectivity index (χ1n) is 14.4. The summed E-state index contributed by atoms with van der Waals surface area (Å²) in [4.78, 5) is 78.1. The number of imide groups is 2. The molecule has 3 aliphatic heterocycles. The van der Waals surface area contributed by atoms with Crippen LogP contribution < -0.4 is 15.4 Å². The first-order chi connectivity index (χ1) is 21.8. The van der Waals surface area contributed by atoms with Crippen molar-refractivity contribution in [3.8, 4) is 17.0 Å². The number of anilines is 1. The van der Waals surface area contributed by atoms with Crippen molar-refractivity contribution in [3.63, 3.8) is 0 Å². The molecule has 3 N–H and O–H groups in total. The standard InChI is InChI=1S/C31H26ClN7O6/c32-20-13-34-31(37-27(20)19-12-33-21-6-2-1-4-17(19)21)35-16-10-11-38(14-16)25(41)15-45-23-7-3-5-18-26(23)30(44)39(29(18)43)22-8-9-24(40)36-28(22)42/h1-7,12-13,16,22,33H,8-11,14-15H2,(H,34,35,37)(H,36,40,42). The second-order valence-electron chi connectivity index (χ2n) is 11.0. The molecule has 0 aliphatic carbocycles. The highest BCUT2D eigenvalue weighted by Crippen LogP contribution is 2.34. The van der Waals surface area contributed by atoms with Crippen molar-refractivity contribution >= 4 is 58.0 Å². The maximum atomic E-state index is 13.3. The zero-order valence-corrected chi connectivity index (χ0v) is 24.5. The van der Waals surface area contributed by atoms with Gasteiger partial charge in [0.2, 0.25) is 17.8 Å². The third kappa shape index (κ3) is 5.14. The number of benzene rings is 2. The summed E-state index contributed by atoms with van der Waals surface area (Å²) in [7, 11) is 0. The van der Waals surface area contributed by atoms with Gasteiger partial charge in [-0.05, 0) is 31.0 Å². The predicted molar refractivity (Wildman–Crippen MR) is 162 cm³/mol. The van der Waals surface area contributed by atoms with E-state index in [4.69, 9.17) is 16.3 Å². The number of aromatic amines is 1. The highest BCUT2D eigenvalue weighted by molar-refractivity contribution is 6.33. The fourth-order valence-corrected chi connectivity index (χ4v) is 6.21. The van der Waals surface area contributed by atoms with Crippen LogP contribution in [0.3, 0.4) is 0 Å². The van der Waals surface area contributed by atoms with E-state index in [2.05, 4.69) is 25.6 Å². The molecule has 2 aromatic carbocycles. The van der Waals surface area contributed by atoms with E-state index in [1.807, 2.05) is 30.5 Å². The van der Waals surface area contributed by atoms with E-state index in [1.165, 1.54) is 12.1 Å². The van der Waals surface area contributed by atoms with Crippen LogP contribution in [0.5, 0.6) is 5.75 Å². The minimum atomic E-state index is -1.10. The van der Waals surface area contributed by atoms with Gasteiger partial charge in [-0.2, -0.15) is 0 Å². The number of carbonyl (C=O) groups is 5. The van der Waals surface area contributed by atoms with Crippen molar-refractivity contribution in [3.05, 3.63) is 71.0 Å². The van der Waals surface area contributed by atoms with Crippen LogP contribution in [0.25, 0.3) is 22.2 Å². The topological polar surface area (TPSA) is 167 Å². The molecule has 5 heterocycles. The van der Waals surface area contributed by atoms with E-state index in [-0.39, 0.29) is 48.3 Å². The monoisotopic (exact) mass is 627 g/mol. The summed E-state index contributed by atoms with van der Waals surface area (Å²) in [6.45, 7) is 0.492. The van der Waals surface area contributed by atoms with E-state index in [0.29, 0.717) is 36.2 Å². The first kappa shape index (κ1) is 28.5. The van der Waals surface area contributed by atoms with E-state index < -0.39 is 29.7 Å². The molecule has 13 nitrogen and oxygen atoms in total. The second kappa shape index (κ2) is 11.3. The smallest absolute Gasteiger partial charge is 0.266 e. The van der Waals surface area contributed by atoms with Gasteiger partial charge in [-0.3, -0.25) is 34.2 Å². The van der Waals surface area contributed by atoms with Crippen molar-refractivity contribution in [2.75, 3.05) is 25.0 Å². The van der Waals surface area contributed by atoms with Gasteiger partial charge in [-0.25, -0.2) is 9.97 Å². The number of amides is 5. The fourth-order valence-electron chi connectivity index (χ4n) is 6.02. The Morgan fingerprint density at radius 1 is 1.04 bits per heavy atom. The Kier molecular flexibility index (Phi) is 7.16. The number of para-hydroxylation sites is 1. The molecule has 0 radical (unpaired) electrons. The lowest BCUT2D eigenvalue weighted by Crippen LogP contribution is -2.54. The molecule has 7 rings (SSSR count). The van der Waals surface area contributed by atoms with Crippen LogP contribution in [0.15, 0.2) is 54.9 Å². The number of nitrogens with zero attached hydrogens (tertiary/aromatic N) is 4. The molecule has 45 heavy (non-hydrogen) atoms. The summed E-state index contributed by atoms with van der Waals surface area (Å²) in [6.07, 6.45) is 4.11. The van der Waals surface area contributed by atoms with Gasteiger partial charge < -0.3 is 19.9 Å². The van der Waals surface area contributed by atoms with Crippen LogP contribution in [-0.4, -0.2) is 86.1 Å². The highest BCUT2D eigenvalue weighted by Gasteiger charge is 2.46. The van der Waals surface area contributed by atoms with Gasteiger partial charge in [-0.15, -0.1) is 0 Å². The Balaban J connectivity index is 0.993. The molecule has 0 bridgehead atoms. The molecule has 2 atom stereocenters. The van der Waals surface area contributed by atoms with Gasteiger partial charge in [0.15, 0.2) is 6.61 Å². The molecule has 2 unspecified atom stereocenters. The maximum absolute atomic E-state index is 13.3. The Bertz CT molecular complexity index is 1910. The average molecular weight is 628 g/mol. The van der Waals surface area contributed by atoms with Crippen LogP contribution in [0.2, 0.25) is 5.02 Å². The number of hydrogen-bond acceptors (Lipinski definition) is 9. The van der Waals surface area contributed by atoms with Gasteiger partial charge in [-0.1, -0.05) is 35.9 Å². The fraction of sp³-hybridized carbons (Fsp3) is 0.258. The number of ether oxygens (including phenoxy) is 1. The summed E-state index contributed by atoms with van der Waals surface area (Å²) in [5.74, 6) is -2.34. The van der Waals surface area contributed by atoms with Crippen molar-refractivity contribution in [1.29, 1.82) is 0 Å². The van der Waals surface area contributed by atoms with Crippen molar-refractivity contribution in [2.24, 2.45) is 0 Å².